The van der Waals surface area contributed by atoms with Gasteiger partial charge in [0.25, 0.3) is 5.91 Å². The van der Waals surface area contributed by atoms with Crippen LogP contribution in [0.2, 0.25) is 0 Å². The van der Waals surface area contributed by atoms with Crippen LogP contribution in [0.3, 0.4) is 0 Å². The molecule has 110 valence electrons. The van der Waals surface area contributed by atoms with Gasteiger partial charge in [-0.05, 0) is 24.1 Å². The lowest BCUT2D eigenvalue weighted by atomic mass is 10.1. The average Bonchev–Trinajstić information content (AvgIpc) is 2.38. The molecule has 6 heteroatoms. The quantitative estimate of drug-likeness (QED) is 0.857. The molecule has 0 aliphatic rings. The van der Waals surface area contributed by atoms with Crippen molar-refractivity contribution in [3.8, 4) is 5.75 Å². The maximum Gasteiger partial charge on any atom is 0.257 e. The van der Waals surface area contributed by atoms with Crippen molar-refractivity contribution in [2.75, 3.05) is 20.1 Å². The Labute approximate surface area is 117 Å². The van der Waals surface area contributed by atoms with Gasteiger partial charge in [-0.15, -0.1) is 0 Å². The van der Waals surface area contributed by atoms with E-state index in [4.69, 9.17) is 0 Å². The highest BCUT2D eigenvalue weighted by atomic mass is 19.1. The van der Waals surface area contributed by atoms with E-state index in [1.165, 1.54) is 7.05 Å². The van der Waals surface area contributed by atoms with E-state index in [0.29, 0.717) is 12.5 Å². The highest BCUT2D eigenvalue weighted by Crippen LogP contribution is 2.19. The number of aromatic hydroxyl groups is 1. The molecule has 0 spiro atoms. The second-order valence-electron chi connectivity index (χ2n) is 5.02. The van der Waals surface area contributed by atoms with E-state index < -0.39 is 11.7 Å². The van der Waals surface area contributed by atoms with Gasteiger partial charge in [-0.2, -0.15) is 0 Å². The zero-order valence-corrected chi connectivity index (χ0v) is 11.8. The molecule has 0 fully saturated rings. The third-order valence-electron chi connectivity index (χ3n) is 2.62. The number of rotatable bonds is 5. The summed E-state index contributed by atoms with van der Waals surface area (Å²) in [4.78, 5) is 24.7. The molecule has 2 amide bonds. The molecule has 2 N–H and O–H groups in total. The summed E-state index contributed by atoms with van der Waals surface area (Å²) >= 11 is 0. The number of phenols is 1. The van der Waals surface area contributed by atoms with Crippen LogP contribution in [0.5, 0.6) is 5.75 Å². The zero-order chi connectivity index (χ0) is 15.3. The van der Waals surface area contributed by atoms with Gasteiger partial charge in [-0.1, -0.05) is 13.8 Å². The number of phenolic OH excluding ortho intramolecular Hbond substituents is 1. The Morgan fingerprint density at radius 3 is 2.65 bits per heavy atom. The molecule has 0 aromatic heterocycles. The average molecular weight is 282 g/mol. The first-order valence-electron chi connectivity index (χ1n) is 6.32. The number of benzene rings is 1. The molecular weight excluding hydrogens is 263 g/mol. The number of likely N-dealkylation sites (N-methyl/N-ethyl adjacent to an activating group) is 1. The summed E-state index contributed by atoms with van der Waals surface area (Å²) in [5.41, 5.74) is -0.163. The first-order chi connectivity index (χ1) is 9.31. The first kappa shape index (κ1) is 15.9. The van der Waals surface area contributed by atoms with Crippen LogP contribution in [-0.4, -0.2) is 42.0 Å². The fourth-order valence-electron chi connectivity index (χ4n) is 1.55. The van der Waals surface area contributed by atoms with Gasteiger partial charge in [0.15, 0.2) is 0 Å². The lowest BCUT2D eigenvalue weighted by molar-refractivity contribution is -0.121. The maximum atomic E-state index is 13.1. The van der Waals surface area contributed by atoms with E-state index in [9.17, 15) is 19.1 Å². The Morgan fingerprint density at radius 1 is 1.40 bits per heavy atom. The maximum absolute atomic E-state index is 13.1. The molecule has 20 heavy (non-hydrogen) atoms. The van der Waals surface area contributed by atoms with E-state index in [-0.39, 0.29) is 23.8 Å². The summed E-state index contributed by atoms with van der Waals surface area (Å²) < 4.78 is 13.1. The molecule has 0 aliphatic carbocycles. The van der Waals surface area contributed by atoms with Gasteiger partial charge < -0.3 is 15.3 Å². The number of nitrogens with zero attached hydrogens (tertiary/aromatic N) is 1. The molecule has 1 aromatic rings. The number of carbonyl (C=O) groups is 2. The van der Waals surface area contributed by atoms with E-state index >= 15 is 0 Å². The number of hydrogen-bond acceptors (Lipinski definition) is 3. The molecule has 1 rings (SSSR count). The van der Waals surface area contributed by atoms with Crippen LogP contribution in [0.1, 0.15) is 24.2 Å². The Hall–Kier alpha value is -2.11. The van der Waals surface area contributed by atoms with E-state index in [0.717, 1.165) is 23.1 Å². The van der Waals surface area contributed by atoms with Crippen molar-refractivity contribution in [1.82, 2.24) is 10.2 Å². The van der Waals surface area contributed by atoms with Crippen LogP contribution < -0.4 is 5.32 Å². The van der Waals surface area contributed by atoms with Crippen LogP contribution in [-0.2, 0) is 4.79 Å². The summed E-state index contributed by atoms with van der Waals surface area (Å²) in [5.74, 6) is -1.53. The number of halogens is 1. The van der Waals surface area contributed by atoms with Gasteiger partial charge in [0, 0.05) is 13.6 Å². The van der Waals surface area contributed by atoms with Gasteiger partial charge in [0.05, 0.1) is 12.1 Å². The van der Waals surface area contributed by atoms with Gasteiger partial charge in [0.1, 0.15) is 11.6 Å². The summed E-state index contributed by atoms with van der Waals surface area (Å²) in [5, 5.41) is 12.2. The zero-order valence-electron chi connectivity index (χ0n) is 11.8. The van der Waals surface area contributed by atoms with Crippen LogP contribution in [0, 0.1) is 11.7 Å². The van der Waals surface area contributed by atoms with Crippen molar-refractivity contribution >= 4 is 11.8 Å². The smallest absolute Gasteiger partial charge is 0.257 e. The monoisotopic (exact) mass is 282 g/mol. The summed E-state index contributed by atoms with van der Waals surface area (Å²) in [6.07, 6.45) is 0. The van der Waals surface area contributed by atoms with Crippen LogP contribution >= 0.6 is 0 Å². The fourth-order valence-corrected chi connectivity index (χ4v) is 1.55. The molecule has 5 nitrogen and oxygen atoms in total. The molecule has 0 bridgehead atoms. The van der Waals surface area contributed by atoms with Crippen molar-refractivity contribution in [3.63, 3.8) is 0 Å². The summed E-state index contributed by atoms with van der Waals surface area (Å²) in [6.45, 7) is 4.29. The predicted octanol–water partition coefficient (Wildman–Crippen LogP) is 1.38. The number of amides is 2. The van der Waals surface area contributed by atoms with E-state index in [1.54, 1.807) is 0 Å². The topological polar surface area (TPSA) is 69.6 Å². The van der Waals surface area contributed by atoms with E-state index in [1.807, 2.05) is 13.8 Å². The lowest BCUT2D eigenvalue weighted by Crippen LogP contribution is -2.39. The molecule has 0 saturated carbocycles. The molecule has 0 atom stereocenters. The largest absolute Gasteiger partial charge is 0.507 e. The van der Waals surface area contributed by atoms with Crippen LogP contribution in [0.15, 0.2) is 18.2 Å². The minimum atomic E-state index is -0.621. The second-order valence-corrected chi connectivity index (χ2v) is 5.02. The van der Waals surface area contributed by atoms with Crippen molar-refractivity contribution in [2.24, 2.45) is 5.92 Å². The Morgan fingerprint density at radius 2 is 2.05 bits per heavy atom. The van der Waals surface area contributed by atoms with Gasteiger partial charge >= 0.3 is 0 Å². The summed E-state index contributed by atoms with van der Waals surface area (Å²) in [7, 11) is 1.42. The van der Waals surface area contributed by atoms with Gasteiger partial charge in [-0.25, -0.2) is 4.39 Å². The third kappa shape index (κ3) is 4.53. The minimum absolute atomic E-state index is 0.151. The SMILES string of the molecule is CC(C)CNC(=O)CN(C)C(=O)c1cc(F)ccc1O. The highest BCUT2D eigenvalue weighted by molar-refractivity contribution is 5.98. The standard InChI is InChI=1S/C14H19FN2O3/c1-9(2)7-16-13(19)8-17(3)14(20)11-6-10(15)4-5-12(11)18/h4-6,9,18H,7-8H2,1-3H3,(H,16,19). The number of nitrogens with one attached hydrogen (secondary N) is 1. The first-order valence-corrected chi connectivity index (χ1v) is 6.32. The Bertz CT molecular complexity index is 503. The Balaban J connectivity index is 2.67. The number of hydrogen-bond donors (Lipinski definition) is 2. The molecule has 1 aromatic carbocycles. The molecular formula is C14H19FN2O3. The molecule has 0 radical (unpaired) electrons. The van der Waals surface area contributed by atoms with Crippen molar-refractivity contribution in [2.45, 2.75) is 13.8 Å². The van der Waals surface area contributed by atoms with Crippen molar-refractivity contribution < 1.29 is 19.1 Å². The van der Waals surface area contributed by atoms with Crippen LogP contribution in [0.4, 0.5) is 4.39 Å². The molecule has 0 unspecified atom stereocenters. The Kier molecular flexibility index (Phi) is 5.49. The highest BCUT2D eigenvalue weighted by Gasteiger charge is 2.18. The van der Waals surface area contributed by atoms with Crippen molar-refractivity contribution in [1.29, 1.82) is 0 Å². The predicted molar refractivity (Wildman–Crippen MR) is 72.9 cm³/mol. The molecule has 0 aliphatic heterocycles. The molecule has 0 saturated heterocycles. The summed E-state index contributed by atoms with van der Waals surface area (Å²) in [6, 6.07) is 3.11. The third-order valence-corrected chi connectivity index (χ3v) is 2.62. The number of carbonyl (C=O) groups excluding carboxylic acids is 2. The fraction of sp³-hybridized carbons (Fsp3) is 0.429. The second kappa shape index (κ2) is 6.88. The normalized spacial score (nSPS) is 10.4. The van der Waals surface area contributed by atoms with E-state index in [2.05, 4.69) is 5.32 Å². The van der Waals surface area contributed by atoms with Gasteiger partial charge in [0.2, 0.25) is 5.91 Å². The van der Waals surface area contributed by atoms with Gasteiger partial charge in [-0.3, -0.25) is 9.59 Å². The van der Waals surface area contributed by atoms with Crippen molar-refractivity contribution in [3.05, 3.63) is 29.6 Å². The van der Waals surface area contributed by atoms with Crippen LogP contribution in [0.25, 0.3) is 0 Å². The molecule has 0 heterocycles. The lowest BCUT2D eigenvalue weighted by Gasteiger charge is -2.18. The minimum Gasteiger partial charge on any atom is -0.507 e.